The summed E-state index contributed by atoms with van der Waals surface area (Å²) in [5.74, 6) is 0.0223. The molecule has 2 heterocycles. The van der Waals surface area contributed by atoms with E-state index in [4.69, 9.17) is 5.73 Å². The van der Waals surface area contributed by atoms with E-state index >= 15 is 0 Å². The highest BCUT2D eigenvalue weighted by Gasteiger charge is 2.26. The van der Waals surface area contributed by atoms with Crippen LogP contribution in [0.15, 0.2) is 59.6 Å². The molecule has 2 N–H and O–H groups in total. The Labute approximate surface area is 181 Å². The van der Waals surface area contributed by atoms with Crippen LogP contribution in [0.1, 0.15) is 40.1 Å². The molecule has 0 saturated heterocycles. The molecule has 152 valence electrons. The number of thiophene rings is 1. The van der Waals surface area contributed by atoms with E-state index < -0.39 is 0 Å². The number of nitrogen functional groups attached to an aromatic ring is 1. The Hall–Kier alpha value is -2.92. The van der Waals surface area contributed by atoms with Crippen molar-refractivity contribution in [2.75, 3.05) is 17.2 Å². The van der Waals surface area contributed by atoms with Gasteiger partial charge in [-0.25, -0.2) is 0 Å². The first-order valence-corrected chi connectivity index (χ1v) is 11.4. The number of carbonyl (C=O) groups is 1. The minimum atomic E-state index is 0.0223. The third-order valence-electron chi connectivity index (χ3n) is 5.69. The second kappa shape index (κ2) is 8.07. The van der Waals surface area contributed by atoms with Gasteiger partial charge in [-0.2, -0.15) is 0 Å². The first-order valence-electron chi connectivity index (χ1n) is 10.6. The van der Waals surface area contributed by atoms with Gasteiger partial charge in [0.2, 0.25) is 0 Å². The number of amides is 1. The third kappa shape index (κ3) is 3.90. The molecule has 0 bridgehead atoms. The molecule has 2 aromatic carbocycles. The van der Waals surface area contributed by atoms with Gasteiger partial charge in [-0.15, -0.1) is 11.3 Å². The van der Waals surface area contributed by atoms with Gasteiger partial charge in [-0.3, -0.25) is 9.79 Å². The fraction of sp³-hybridized carbons (Fsp3) is 0.280. The highest BCUT2D eigenvalue weighted by molar-refractivity contribution is 7.15. The van der Waals surface area contributed by atoms with Gasteiger partial charge in [-0.1, -0.05) is 18.2 Å². The van der Waals surface area contributed by atoms with Crippen LogP contribution in [0.3, 0.4) is 0 Å². The van der Waals surface area contributed by atoms with Crippen molar-refractivity contribution in [3.05, 3.63) is 70.6 Å². The maximum atomic E-state index is 13.3. The molecule has 30 heavy (non-hydrogen) atoms. The maximum absolute atomic E-state index is 13.3. The Balaban J connectivity index is 1.42. The van der Waals surface area contributed by atoms with Crippen molar-refractivity contribution in [2.24, 2.45) is 4.99 Å². The molecule has 1 fully saturated rings. The zero-order valence-corrected chi connectivity index (χ0v) is 17.7. The van der Waals surface area contributed by atoms with Crippen LogP contribution in [0.25, 0.3) is 10.4 Å². The van der Waals surface area contributed by atoms with Crippen molar-refractivity contribution in [1.29, 1.82) is 0 Å². The molecule has 0 radical (unpaired) electrons. The maximum Gasteiger partial charge on any atom is 0.258 e. The van der Waals surface area contributed by atoms with E-state index in [0.717, 1.165) is 30.5 Å². The zero-order chi connectivity index (χ0) is 20.5. The molecular formula is C25H25N3OS. The van der Waals surface area contributed by atoms with Gasteiger partial charge >= 0.3 is 0 Å². The van der Waals surface area contributed by atoms with Gasteiger partial charge in [-0.05, 0) is 80.3 Å². The number of aryl methyl sites for hydroxylation is 1. The molecule has 2 aliphatic rings. The van der Waals surface area contributed by atoms with Gasteiger partial charge in [0.15, 0.2) is 0 Å². The first-order chi connectivity index (χ1) is 14.7. The number of nitrogens with two attached hydrogens (primary N) is 1. The molecule has 5 heteroatoms. The number of anilines is 2. The smallest absolute Gasteiger partial charge is 0.258 e. The fourth-order valence-electron chi connectivity index (χ4n) is 3.92. The van der Waals surface area contributed by atoms with Gasteiger partial charge in [0.1, 0.15) is 0 Å². The summed E-state index contributed by atoms with van der Waals surface area (Å²) in [4.78, 5) is 22.5. The molecule has 1 aliphatic carbocycles. The van der Waals surface area contributed by atoms with Crippen molar-refractivity contribution in [1.82, 2.24) is 0 Å². The Morgan fingerprint density at radius 2 is 1.97 bits per heavy atom. The monoisotopic (exact) mass is 415 g/mol. The largest absolute Gasteiger partial charge is 0.399 e. The summed E-state index contributed by atoms with van der Waals surface area (Å²) in [7, 11) is 0. The average Bonchev–Trinajstić information content (AvgIpc) is 3.53. The lowest BCUT2D eigenvalue weighted by molar-refractivity contribution is 0.0987. The topological polar surface area (TPSA) is 58.7 Å². The van der Waals surface area contributed by atoms with Crippen LogP contribution in [0.2, 0.25) is 0 Å². The van der Waals surface area contributed by atoms with Gasteiger partial charge < -0.3 is 10.6 Å². The molecular weight excluding hydrogens is 390 g/mol. The van der Waals surface area contributed by atoms with Crippen molar-refractivity contribution in [3.8, 4) is 10.4 Å². The fourth-order valence-corrected chi connectivity index (χ4v) is 5.18. The summed E-state index contributed by atoms with van der Waals surface area (Å²) >= 11 is 1.86. The zero-order valence-electron chi connectivity index (χ0n) is 16.9. The molecule has 3 aromatic rings. The van der Waals surface area contributed by atoms with Crippen LogP contribution in [0.4, 0.5) is 11.4 Å². The van der Waals surface area contributed by atoms with Gasteiger partial charge in [0.25, 0.3) is 5.91 Å². The molecule has 1 amide bonds. The average molecular weight is 416 g/mol. The Kier molecular flexibility index (Phi) is 5.13. The summed E-state index contributed by atoms with van der Waals surface area (Å²) in [5, 5.41) is 0. The first kappa shape index (κ1) is 19.1. The van der Waals surface area contributed by atoms with Crippen molar-refractivity contribution in [3.63, 3.8) is 0 Å². The highest BCUT2D eigenvalue weighted by Crippen LogP contribution is 2.42. The summed E-state index contributed by atoms with van der Waals surface area (Å²) in [6.45, 7) is 0.673. The number of nitrogens with zero attached hydrogens (tertiary/aromatic N) is 2. The molecule has 4 nitrogen and oxygen atoms in total. The number of fused-ring (bicyclic) bond motifs is 3. The van der Waals surface area contributed by atoms with Crippen LogP contribution >= 0.6 is 11.3 Å². The van der Waals surface area contributed by atoms with Crippen LogP contribution in [0.5, 0.6) is 0 Å². The lowest BCUT2D eigenvalue weighted by Gasteiger charge is -2.23. The van der Waals surface area contributed by atoms with Crippen LogP contribution in [-0.2, 0) is 12.8 Å². The van der Waals surface area contributed by atoms with Crippen molar-refractivity contribution in [2.45, 2.75) is 38.1 Å². The summed E-state index contributed by atoms with van der Waals surface area (Å²) in [5.41, 5.74) is 10.6. The molecule has 1 saturated carbocycles. The van der Waals surface area contributed by atoms with Crippen LogP contribution in [0, 0.1) is 0 Å². The quantitative estimate of drug-likeness (QED) is 0.450. The van der Waals surface area contributed by atoms with E-state index in [1.807, 2.05) is 34.4 Å². The van der Waals surface area contributed by atoms with E-state index in [9.17, 15) is 4.79 Å². The molecule has 0 atom stereocenters. The second-order valence-corrected chi connectivity index (χ2v) is 9.15. The number of rotatable bonds is 5. The molecule has 1 aliphatic heterocycles. The van der Waals surface area contributed by atoms with Crippen LogP contribution in [-0.4, -0.2) is 24.7 Å². The van der Waals surface area contributed by atoms with E-state index in [-0.39, 0.29) is 5.91 Å². The highest BCUT2D eigenvalue weighted by atomic mass is 32.1. The standard InChI is InChI=1S/C25H25N3OS/c26-19-9-7-17(8-10-19)25(29)28-15-13-18-16-21(4-3-14-27-20-11-12-20)30-24(18)22-5-1-2-6-23(22)28/h1-2,5-10,14,16,20H,3-4,11-13,15,26H2. The Morgan fingerprint density at radius 3 is 2.77 bits per heavy atom. The summed E-state index contributed by atoms with van der Waals surface area (Å²) in [6, 6.07) is 18.4. The Morgan fingerprint density at radius 1 is 1.17 bits per heavy atom. The SMILES string of the molecule is Nc1ccc(C(=O)N2CCc3cc(CCC=NC4CC4)sc3-c3ccccc32)cc1. The molecule has 0 unspecified atom stereocenters. The van der Waals surface area contributed by atoms with E-state index in [0.29, 0.717) is 23.8 Å². The number of carbonyl (C=O) groups excluding carboxylic acids is 1. The molecule has 0 spiro atoms. The predicted molar refractivity (Wildman–Crippen MR) is 126 cm³/mol. The van der Waals surface area contributed by atoms with E-state index in [1.54, 1.807) is 12.1 Å². The number of hydrogen-bond donors (Lipinski definition) is 1. The second-order valence-electron chi connectivity index (χ2n) is 8.01. The van der Waals surface area contributed by atoms with E-state index in [1.165, 1.54) is 28.2 Å². The van der Waals surface area contributed by atoms with E-state index in [2.05, 4.69) is 35.5 Å². The Bertz CT molecular complexity index is 1100. The lowest BCUT2D eigenvalue weighted by atomic mass is 10.1. The van der Waals surface area contributed by atoms with Gasteiger partial charge in [0.05, 0.1) is 5.69 Å². The minimum Gasteiger partial charge on any atom is -0.399 e. The normalized spacial score (nSPS) is 15.7. The number of hydrogen-bond acceptors (Lipinski definition) is 4. The summed E-state index contributed by atoms with van der Waals surface area (Å²) < 4.78 is 0. The predicted octanol–water partition coefficient (Wildman–Crippen LogP) is 5.37. The summed E-state index contributed by atoms with van der Waals surface area (Å²) in [6.07, 6.45) is 7.50. The van der Waals surface area contributed by atoms with Crippen LogP contribution < -0.4 is 10.6 Å². The third-order valence-corrected chi connectivity index (χ3v) is 6.96. The number of benzene rings is 2. The molecule has 5 rings (SSSR count). The van der Waals surface area contributed by atoms with Crippen molar-refractivity contribution < 1.29 is 4.79 Å². The molecule has 1 aromatic heterocycles. The lowest BCUT2D eigenvalue weighted by Crippen LogP contribution is -2.32. The number of para-hydroxylation sites is 1. The minimum absolute atomic E-state index is 0.0223. The van der Waals surface area contributed by atoms with Crippen molar-refractivity contribution >= 4 is 34.8 Å². The number of aliphatic imine (C=N–C) groups is 1. The van der Waals surface area contributed by atoms with Gasteiger partial charge in [0, 0.05) is 39.2 Å².